The number of para-hydroxylation sites is 1. The number of nitrogens with zero attached hydrogens (tertiary/aromatic N) is 3. The second-order valence-corrected chi connectivity index (χ2v) is 9.11. The van der Waals surface area contributed by atoms with Crippen molar-refractivity contribution in [2.45, 2.75) is 24.9 Å². The van der Waals surface area contributed by atoms with Crippen molar-refractivity contribution in [1.82, 2.24) is 9.88 Å². The Morgan fingerprint density at radius 3 is 2.65 bits per heavy atom. The Bertz CT molecular complexity index is 1290. The van der Waals surface area contributed by atoms with E-state index in [-0.39, 0.29) is 17.9 Å². The molecule has 2 aromatic heterocycles. The minimum Gasteiger partial charge on any atom is -0.461 e. The van der Waals surface area contributed by atoms with Crippen molar-refractivity contribution in [2.75, 3.05) is 36.4 Å². The molecule has 0 amide bonds. The predicted octanol–water partition coefficient (Wildman–Crippen LogP) is 4.63. The lowest BCUT2D eigenvalue weighted by Gasteiger charge is -2.43. The number of carbonyl (C=O) groups is 1. The molecule has 1 N–H and O–H groups in total. The Labute approximate surface area is 199 Å². The van der Waals surface area contributed by atoms with Gasteiger partial charge in [-0.05, 0) is 48.1 Å². The number of carbonyl (C=O) groups excluding carboxylic acids is 1. The number of rotatable bonds is 5. The number of hydrogen-bond acceptors (Lipinski definition) is 6. The monoisotopic (exact) mass is 452 g/mol. The molecular formula is C28H28N4O2. The molecule has 0 aliphatic carbocycles. The van der Waals surface area contributed by atoms with Crippen LogP contribution in [0.25, 0.3) is 10.8 Å². The van der Waals surface area contributed by atoms with E-state index in [1.54, 1.807) is 18.4 Å². The summed E-state index contributed by atoms with van der Waals surface area (Å²) in [5.41, 5.74) is 2.45. The number of ketones is 1. The van der Waals surface area contributed by atoms with Gasteiger partial charge in [0.1, 0.15) is 5.82 Å². The van der Waals surface area contributed by atoms with E-state index in [1.165, 1.54) is 16.3 Å². The number of hydrogen-bond donors (Lipinski definition) is 1. The van der Waals surface area contributed by atoms with Crippen LogP contribution in [0, 0.1) is 0 Å². The molecule has 34 heavy (non-hydrogen) atoms. The smallest absolute Gasteiger partial charge is 0.217 e. The Morgan fingerprint density at radius 1 is 0.971 bits per heavy atom. The third-order valence-electron chi connectivity index (χ3n) is 7.16. The minimum absolute atomic E-state index is 0.0368. The normalized spacial score (nSPS) is 19.4. The first kappa shape index (κ1) is 20.9. The fourth-order valence-electron chi connectivity index (χ4n) is 5.43. The lowest BCUT2D eigenvalue weighted by molar-refractivity contribution is 0.0742. The van der Waals surface area contributed by atoms with Crippen LogP contribution in [-0.4, -0.2) is 53.9 Å². The number of Topliss-reactive ketones (excluding diaryl/α,β-unsaturated/α-hetero) is 1. The van der Waals surface area contributed by atoms with Gasteiger partial charge >= 0.3 is 0 Å². The number of nitrogens with one attached hydrogen (secondary N) is 1. The number of aromatic nitrogens is 1. The molecule has 4 aromatic rings. The van der Waals surface area contributed by atoms with E-state index < -0.39 is 0 Å². The number of benzene rings is 2. The van der Waals surface area contributed by atoms with Crippen molar-refractivity contribution in [3.8, 4) is 0 Å². The number of anilines is 2. The van der Waals surface area contributed by atoms with Gasteiger partial charge < -0.3 is 14.6 Å². The van der Waals surface area contributed by atoms with Crippen molar-refractivity contribution in [3.63, 3.8) is 0 Å². The van der Waals surface area contributed by atoms with Crippen LogP contribution in [0.3, 0.4) is 0 Å². The highest BCUT2D eigenvalue weighted by molar-refractivity contribution is 5.98. The summed E-state index contributed by atoms with van der Waals surface area (Å²) >= 11 is 0. The van der Waals surface area contributed by atoms with E-state index in [0.717, 1.165) is 50.5 Å². The lowest BCUT2D eigenvalue weighted by atomic mass is 9.89. The summed E-state index contributed by atoms with van der Waals surface area (Å²) in [6, 6.07) is 22.2. The SMILES string of the molecule is O=C(c1ccco1)C(C1CCc2ccccc2N1)N1CCN(c2nccc3ccccc23)CC1. The van der Waals surface area contributed by atoms with Gasteiger partial charge in [-0.25, -0.2) is 4.98 Å². The fourth-order valence-corrected chi connectivity index (χ4v) is 5.43. The molecule has 1 saturated heterocycles. The van der Waals surface area contributed by atoms with Gasteiger partial charge in [0.15, 0.2) is 5.76 Å². The second-order valence-electron chi connectivity index (χ2n) is 9.11. The second kappa shape index (κ2) is 8.95. The van der Waals surface area contributed by atoms with Crippen molar-refractivity contribution in [3.05, 3.63) is 90.5 Å². The van der Waals surface area contributed by atoms with Crippen LogP contribution in [0.2, 0.25) is 0 Å². The molecule has 2 aliphatic rings. The van der Waals surface area contributed by atoms with Crippen LogP contribution in [0.4, 0.5) is 11.5 Å². The van der Waals surface area contributed by atoms with Gasteiger partial charge in [-0.1, -0.05) is 42.5 Å². The number of pyridine rings is 1. The summed E-state index contributed by atoms with van der Waals surface area (Å²) in [5.74, 6) is 1.51. The maximum Gasteiger partial charge on any atom is 0.217 e. The highest BCUT2D eigenvalue weighted by atomic mass is 16.3. The standard InChI is InChI=1S/C28H28N4O2/c33-27(25-10-5-19-34-25)26(24-12-11-21-7-2-4-9-23(21)30-24)31-15-17-32(18-16-31)28-22-8-3-1-6-20(22)13-14-29-28/h1-10,13-14,19,24,26,30H,11-12,15-18H2. The molecule has 1 fully saturated rings. The number of aryl methyl sites for hydroxylation is 1. The van der Waals surface area contributed by atoms with Crippen LogP contribution < -0.4 is 10.2 Å². The van der Waals surface area contributed by atoms with E-state index in [0.29, 0.717) is 5.76 Å². The Kier molecular flexibility index (Phi) is 5.51. The number of piperazine rings is 1. The molecule has 172 valence electrons. The maximum absolute atomic E-state index is 13.6. The van der Waals surface area contributed by atoms with Crippen LogP contribution in [0.1, 0.15) is 22.5 Å². The molecule has 2 aliphatic heterocycles. The Morgan fingerprint density at radius 2 is 1.79 bits per heavy atom. The highest BCUT2D eigenvalue weighted by Gasteiger charge is 2.38. The number of furan rings is 1. The zero-order valence-corrected chi connectivity index (χ0v) is 19.1. The van der Waals surface area contributed by atoms with E-state index in [9.17, 15) is 4.79 Å². The van der Waals surface area contributed by atoms with E-state index in [1.807, 2.05) is 12.3 Å². The van der Waals surface area contributed by atoms with Gasteiger partial charge in [0, 0.05) is 49.5 Å². The van der Waals surface area contributed by atoms with E-state index in [4.69, 9.17) is 9.40 Å². The first-order chi connectivity index (χ1) is 16.8. The topological polar surface area (TPSA) is 61.6 Å². The molecule has 2 unspecified atom stereocenters. The first-order valence-corrected chi connectivity index (χ1v) is 12.0. The molecule has 0 radical (unpaired) electrons. The van der Waals surface area contributed by atoms with Crippen LogP contribution in [0.5, 0.6) is 0 Å². The van der Waals surface area contributed by atoms with E-state index in [2.05, 4.69) is 63.6 Å². The fraction of sp³-hybridized carbons (Fsp3) is 0.286. The minimum atomic E-state index is -0.276. The van der Waals surface area contributed by atoms with E-state index >= 15 is 0 Å². The van der Waals surface area contributed by atoms with Gasteiger partial charge in [0.25, 0.3) is 0 Å². The third-order valence-corrected chi connectivity index (χ3v) is 7.16. The van der Waals surface area contributed by atoms with Crippen LogP contribution in [0.15, 0.2) is 83.6 Å². The summed E-state index contributed by atoms with van der Waals surface area (Å²) in [4.78, 5) is 23.0. The average Bonchev–Trinajstić information content (AvgIpc) is 3.44. The molecule has 2 aromatic carbocycles. The lowest BCUT2D eigenvalue weighted by Crippen LogP contribution is -2.58. The third kappa shape index (κ3) is 3.84. The Hall–Kier alpha value is -3.64. The quantitative estimate of drug-likeness (QED) is 0.446. The zero-order valence-electron chi connectivity index (χ0n) is 19.1. The summed E-state index contributed by atoms with van der Waals surface area (Å²) in [5, 5.41) is 6.05. The summed E-state index contributed by atoms with van der Waals surface area (Å²) in [7, 11) is 0. The summed E-state index contributed by atoms with van der Waals surface area (Å²) in [6.07, 6.45) is 5.35. The molecule has 0 spiro atoms. The molecule has 6 rings (SSSR count). The molecular weight excluding hydrogens is 424 g/mol. The largest absolute Gasteiger partial charge is 0.461 e. The van der Waals surface area contributed by atoms with Gasteiger partial charge in [0.05, 0.1) is 12.3 Å². The molecule has 6 nitrogen and oxygen atoms in total. The predicted molar refractivity (Wildman–Crippen MR) is 135 cm³/mol. The van der Waals surface area contributed by atoms with Crippen LogP contribution in [-0.2, 0) is 6.42 Å². The van der Waals surface area contributed by atoms with Gasteiger partial charge in [-0.15, -0.1) is 0 Å². The maximum atomic E-state index is 13.6. The molecule has 4 heterocycles. The Balaban J connectivity index is 1.25. The summed E-state index contributed by atoms with van der Waals surface area (Å²) < 4.78 is 5.54. The number of fused-ring (bicyclic) bond motifs is 2. The highest BCUT2D eigenvalue weighted by Crippen LogP contribution is 2.30. The van der Waals surface area contributed by atoms with Crippen molar-refractivity contribution in [1.29, 1.82) is 0 Å². The molecule has 0 bridgehead atoms. The van der Waals surface area contributed by atoms with Gasteiger partial charge in [-0.2, -0.15) is 0 Å². The molecule has 6 heteroatoms. The van der Waals surface area contributed by atoms with Gasteiger partial charge in [-0.3, -0.25) is 9.69 Å². The van der Waals surface area contributed by atoms with Gasteiger partial charge in [0.2, 0.25) is 5.78 Å². The van der Waals surface area contributed by atoms with Crippen molar-refractivity contribution in [2.24, 2.45) is 0 Å². The zero-order chi connectivity index (χ0) is 22.9. The van der Waals surface area contributed by atoms with Crippen molar-refractivity contribution >= 4 is 28.1 Å². The van der Waals surface area contributed by atoms with Crippen LogP contribution >= 0.6 is 0 Å². The first-order valence-electron chi connectivity index (χ1n) is 12.0. The summed E-state index contributed by atoms with van der Waals surface area (Å²) in [6.45, 7) is 3.24. The average molecular weight is 453 g/mol. The molecule has 2 atom stereocenters. The molecule has 0 saturated carbocycles. The van der Waals surface area contributed by atoms with Crippen molar-refractivity contribution < 1.29 is 9.21 Å².